The molecule has 34 heavy (non-hydrogen) atoms. The summed E-state index contributed by atoms with van der Waals surface area (Å²) in [4.78, 5) is 19.8. The lowest BCUT2D eigenvalue weighted by molar-refractivity contribution is 0.0227. The molecule has 0 bridgehead atoms. The highest BCUT2D eigenvalue weighted by molar-refractivity contribution is 5.99. The Balaban J connectivity index is 1.36. The van der Waals surface area contributed by atoms with Gasteiger partial charge in [0.05, 0.1) is 17.5 Å². The summed E-state index contributed by atoms with van der Waals surface area (Å²) in [6, 6.07) is 14.4. The zero-order valence-corrected chi connectivity index (χ0v) is 19.8. The summed E-state index contributed by atoms with van der Waals surface area (Å²) in [5.74, 6) is 0.772. The fourth-order valence-electron chi connectivity index (χ4n) is 5.39. The minimum absolute atomic E-state index is 0.0140. The van der Waals surface area contributed by atoms with Crippen LogP contribution < -0.4 is 5.73 Å². The normalized spacial score (nSPS) is 21.0. The molecule has 0 radical (unpaired) electrons. The molecule has 2 atom stereocenters. The lowest BCUT2D eigenvalue weighted by Crippen LogP contribution is -2.53. The Labute approximate surface area is 199 Å². The van der Waals surface area contributed by atoms with E-state index in [9.17, 15) is 4.79 Å². The van der Waals surface area contributed by atoms with Gasteiger partial charge in [0, 0.05) is 67.9 Å². The quantitative estimate of drug-likeness (QED) is 0.495. The third-order valence-corrected chi connectivity index (χ3v) is 7.53. The molecule has 4 aromatic rings. The van der Waals surface area contributed by atoms with E-state index >= 15 is 0 Å². The number of nitrogens with zero attached hydrogens (tertiary/aromatic N) is 4. The van der Waals surface area contributed by atoms with Gasteiger partial charge in [-0.1, -0.05) is 0 Å². The van der Waals surface area contributed by atoms with Gasteiger partial charge in [0.2, 0.25) is 0 Å². The average Bonchev–Trinajstić information content (AvgIpc) is 3.52. The van der Waals surface area contributed by atoms with Crippen LogP contribution in [0, 0.1) is 5.92 Å². The average molecular weight is 458 g/mol. The van der Waals surface area contributed by atoms with Crippen molar-refractivity contribution in [2.45, 2.75) is 38.0 Å². The van der Waals surface area contributed by atoms with Gasteiger partial charge >= 0.3 is 0 Å². The number of nitrogens with two attached hydrogens (primary N) is 1. The van der Waals surface area contributed by atoms with Crippen molar-refractivity contribution in [2.24, 2.45) is 18.7 Å². The number of hydrogen-bond acceptors (Lipinski definition) is 4. The first kappa shape index (κ1) is 21.4. The summed E-state index contributed by atoms with van der Waals surface area (Å²) < 4.78 is 10.0. The molecule has 7 nitrogen and oxygen atoms in total. The third kappa shape index (κ3) is 3.60. The molecule has 2 fully saturated rings. The Morgan fingerprint density at radius 3 is 2.71 bits per heavy atom. The number of fused-ring (bicyclic) bond motifs is 2. The molecule has 1 saturated carbocycles. The van der Waals surface area contributed by atoms with Crippen LogP contribution in [-0.2, 0) is 18.3 Å². The van der Waals surface area contributed by atoms with Crippen molar-refractivity contribution in [3.63, 3.8) is 0 Å². The van der Waals surface area contributed by atoms with Crippen molar-refractivity contribution in [3.05, 3.63) is 54.2 Å². The van der Waals surface area contributed by atoms with E-state index in [2.05, 4.69) is 45.4 Å². The van der Waals surface area contributed by atoms with Gasteiger partial charge in [-0.05, 0) is 67.6 Å². The van der Waals surface area contributed by atoms with Crippen molar-refractivity contribution < 1.29 is 9.53 Å². The molecule has 1 aliphatic heterocycles. The predicted octanol–water partition coefficient (Wildman–Crippen LogP) is 3.79. The van der Waals surface area contributed by atoms with Crippen molar-refractivity contribution in [2.75, 3.05) is 20.2 Å². The van der Waals surface area contributed by atoms with Gasteiger partial charge in [-0.15, -0.1) is 0 Å². The standard InChI is InChI=1S/C27H31N5O2/c1-30-22-8-7-19(27(33)31-11-9-25(34-2)21(28)16-31)12-20(22)14-23(30)24-13-18-4-3-10-29-26(18)32(24)15-17-5-6-17/h3-4,7-8,10,12-14,17,21,25H,5-6,9,11,15-16,28H2,1-2H3. The SMILES string of the molecule is COC1CCN(C(=O)c2ccc3c(c2)cc(-c2cc4cccnc4n2CC2CC2)n3C)CC1N. The molecule has 4 heterocycles. The summed E-state index contributed by atoms with van der Waals surface area (Å²) in [5.41, 5.74) is 11.4. The molecule has 1 aromatic carbocycles. The van der Waals surface area contributed by atoms with Crippen molar-refractivity contribution in [3.8, 4) is 11.4 Å². The number of pyridine rings is 1. The molecule has 1 aliphatic carbocycles. The number of aryl methyl sites for hydroxylation is 1. The molecule has 2 N–H and O–H groups in total. The molecular weight excluding hydrogens is 426 g/mol. The molecule has 2 aliphatic rings. The van der Waals surface area contributed by atoms with Crippen LogP contribution in [0.1, 0.15) is 29.6 Å². The maximum absolute atomic E-state index is 13.3. The zero-order valence-electron chi connectivity index (χ0n) is 19.8. The van der Waals surface area contributed by atoms with E-state index < -0.39 is 0 Å². The highest BCUT2D eigenvalue weighted by Gasteiger charge is 2.30. The van der Waals surface area contributed by atoms with Crippen LogP contribution in [0.4, 0.5) is 0 Å². The monoisotopic (exact) mass is 457 g/mol. The van der Waals surface area contributed by atoms with Gasteiger partial charge in [-0.3, -0.25) is 4.79 Å². The minimum atomic E-state index is -0.156. The molecule has 6 rings (SSSR count). The van der Waals surface area contributed by atoms with Gasteiger partial charge < -0.3 is 24.5 Å². The summed E-state index contributed by atoms with van der Waals surface area (Å²) >= 11 is 0. The molecule has 7 heteroatoms. The number of piperidine rings is 1. The summed E-state index contributed by atoms with van der Waals surface area (Å²) in [5, 5.41) is 2.23. The number of likely N-dealkylation sites (tertiary alicyclic amines) is 1. The van der Waals surface area contributed by atoms with Gasteiger partial charge in [-0.2, -0.15) is 0 Å². The maximum Gasteiger partial charge on any atom is 0.253 e. The van der Waals surface area contributed by atoms with Crippen LogP contribution >= 0.6 is 0 Å². The Kier molecular flexibility index (Phi) is 5.19. The van der Waals surface area contributed by atoms with E-state index in [0.29, 0.717) is 18.7 Å². The lowest BCUT2D eigenvalue weighted by Gasteiger charge is -2.35. The number of benzene rings is 1. The second kappa shape index (κ2) is 8.25. The smallest absolute Gasteiger partial charge is 0.253 e. The number of amides is 1. The number of rotatable bonds is 5. The van der Waals surface area contributed by atoms with Crippen LogP contribution in [0.2, 0.25) is 0 Å². The van der Waals surface area contributed by atoms with Crippen molar-refractivity contribution in [1.82, 2.24) is 19.0 Å². The molecule has 3 aromatic heterocycles. The molecular formula is C27H31N5O2. The number of carbonyl (C=O) groups excluding carboxylic acids is 1. The number of aromatic nitrogens is 3. The Morgan fingerprint density at radius 1 is 1.12 bits per heavy atom. The van der Waals surface area contributed by atoms with Crippen LogP contribution in [0.3, 0.4) is 0 Å². The fourth-order valence-corrected chi connectivity index (χ4v) is 5.39. The highest BCUT2D eigenvalue weighted by atomic mass is 16.5. The first-order chi connectivity index (χ1) is 16.5. The molecule has 176 valence electrons. The topological polar surface area (TPSA) is 78.3 Å². The Bertz CT molecular complexity index is 1380. The van der Waals surface area contributed by atoms with E-state index in [0.717, 1.165) is 46.5 Å². The molecule has 1 saturated heterocycles. The van der Waals surface area contributed by atoms with Gasteiger partial charge in [0.25, 0.3) is 5.91 Å². The molecule has 2 unspecified atom stereocenters. The predicted molar refractivity (Wildman–Crippen MR) is 134 cm³/mol. The van der Waals surface area contributed by atoms with E-state index in [-0.39, 0.29) is 18.1 Å². The molecule has 0 spiro atoms. The number of methoxy groups -OCH3 is 1. The van der Waals surface area contributed by atoms with E-state index in [4.69, 9.17) is 10.5 Å². The summed E-state index contributed by atoms with van der Waals surface area (Å²) in [6.45, 7) is 2.18. The van der Waals surface area contributed by atoms with Gasteiger partial charge in [-0.25, -0.2) is 4.98 Å². The van der Waals surface area contributed by atoms with Crippen molar-refractivity contribution in [1.29, 1.82) is 0 Å². The Hall–Kier alpha value is -3.16. The van der Waals surface area contributed by atoms with Crippen LogP contribution in [0.15, 0.2) is 48.7 Å². The van der Waals surface area contributed by atoms with E-state index in [1.54, 1.807) is 7.11 Å². The zero-order chi connectivity index (χ0) is 23.4. The van der Waals surface area contributed by atoms with E-state index in [1.807, 2.05) is 29.3 Å². The first-order valence-corrected chi connectivity index (χ1v) is 12.1. The summed E-state index contributed by atoms with van der Waals surface area (Å²) in [7, 11) is 3.78. The molecule has 1 amide bonds. The third-order valence-electron chi connectivity index (χ3n) is 7.53. The highest BCUT2D eigenvalue weighted by Crippen LogP contribution is 2.37. The van der Waals surface area contributed by atoms with Crippen LogP contribution in [0.5, 0.6) is 0 Å². The second-order valence-corrected chi connectivity index (χ2v) is 9.84. The van der Waals surface area contributed by atoms with Gasteiger partial charge in [0.15, 0.2) is 0 Å². The first-order valence-electron chi connectivity index (χ1n) is 12.1. The summed E-state index contributed by atoms with van der Waals surface area (Å²) in [6.07, 6.45) is 5.23. The number of carbonyl (C=O) groups is 1. The largest absolute Gasteiger partial charge is 0.380 e. The second-order valence-electron chi connectivity index (χ2n) is 9.84. The lowest BCUT2D eigenvalue weighted by atomic mass is 10.0. The Morgan fingerprint density at radius 2 is 1.94 bits per heavy atom. The minimum Gasteiger partial charge on any atom is -0.380 e. The maximum atomic E-state index is 13.3. The van der Waals surface area contributed by atoms with Crippen molar-refractivity contribution >= 4 is 27.8 Å². The number of hydrogen-bond donors (Lipinski definition) is 1. The van der Waals surface area contributed by atoms with Crippen LogP contribution in [-0.4, -0.2) is 57.3 Å². The van der Waals surface area contributed by atoms with Crippen LogP contribution in [0.25, 0.3) is 33.3 Å². The van der Waals surface area contributed by atoms with Gasteiger partial charge in [0.1, 0.15) is 5.65 Å². The van der Waals surface area contributed by atoms with E-state index in [1.165, 1.54) is 18.5 Å². The fraction of sp³-hybridized carbons (Fsp3) is 0.407. The number of ether oxygens (including phenoxy) is 1.